The molecular weight excluding hydrogens is 279 g/mol. The highest BCUT2D eigenvalue weighted by molar-refractivity contribution is 5.42. The van der Waals surface area contributed by atoms with Crippen molar-refractivity contribution in [1.82, 2.24) is 5.32 Å². The summed E-state index contributed by atoms with van der Waals surface area (Å²) in [4.78, 5) is 0. The molecule has 2 aromatic rings. The van der Waals surface area contributed by atoms with Crippen LogP contribution in [0.3, 0.4) is 0 Å². The van der Waals surface area contributed by atoms with Crippen molar-refractivity contribution in [2.45, 2.75) is 18.8 Å². The first-order valence-electron chi connectivity index (χ1n) is 6.67. The summed E-state index contributed by atoms with van der Waals surface area (Å²) in [6.45, 7) is 1.48. The SMILES string of the molecule is FC(F)(F)Oc1cccc(C2CNCc3ccccc32)c1. The Morgan fingerprint density at radius 2 is 1.86 bits per heavy atom. The van der Waals surface area contributed by atoms with Crippen LogP contribution >= 0.6 is 0 Å². The molecule has 0 spiro atoms. The van der Waals surface area contributed by atoms with Crippen molar-refractivity contribution < 1.29 is 17.9 Å². The number of hydrogen-bond donors (Lipinski definition) is 1. The predicted molar refractivity (Wildman–Crippen MR) is 73.1 cm³/mol. The summed E-state index contributed by atoms with van der Waals surface area (Å²) in [6, 6.07) is 14.2. The van der Waals surface area contributed by atoms with E-state index in [0.717, 1.165) is 17.7 Å². The summed E-state index contributed by atoms with van der Waals surface area (Å²) in [7, 11) is 0. The van der Waals surface area contributed by atoms with Gasteiger partial charge in [0.15, 0.2) is 0 Å². The van der Waals surface area contributed by atoms with E-state index in [9.17, 15) is 13.2 Å². The lowest BCUT2D eigenvalue weighted by molar-refractivity contribution is -0.274. The van der Waals surface area contributed by atoms with Gasteiger partial charge in [-0.3, -0.25) is 0 Å². The maximum Gasteiger partial charge on any atom is 0.573 e. The van der Waals surface area contributed by atoms with E-state index in [1.807, 2.05) is 30.3 Å². The highest BCUT2D eigenvalue weighted by atomic mass is 19.4. The molecule has 1 aliphatic heterocycles. The van der Waals surface area contributed by atoms with Crippen molar-refractivity contribution in [1.29, 1.82) is 0 Å². The number of alkyl halides is 3. The van der Waals surface area contributed by atoms with E-state index < -0.39 is 6.36 Å². The third kappa shape index (κ3) is 3.19. The van der Waals surface area contributed by atoms with Crippen molar-refractivity contribution >= 4 is 0 Å². The molecule has 1 atom stereocenters. The number of hydrogen-bond acceptors (Lipinski definition) is 2. The predicted octanol–water partition coefficient (Wildman–Crippen LogP) is 3.82. The Kier molecular flexibility index (Phi) is 3.59. The molecule has 1 aliphatic rings. The van der Waals surface area contributed by atoms with E-state index in [1.54, 1.807) is 6.07 Å². The standard InChI is InChI=1S/C16H14F3NO/c17-16(18,19)21-13-6-3-5-11(8-13)15-10-20-9-12-4-1-2-7-14(12)15/h1-8,15,20H,9-10H2. The van der Waals surface area contributed by atoms with Gasteiger partial charge in [0, 0.05) is 19.0 Å². The molecule has 0 amide bonds. The van der Waals surface area contributed by atoms with Gasteiger partial charge in [-0.15, -0.1) is 13.2 Å². The van der Waals surface area contributed by atoms with Crippen LogP contribution in [0.25, 0.3) is 0 Å². The lowest BCUT2D eigenvalue weighted by Gasteiger charge is -2.27. The van der Waals surface area contributed by atoms with Crippen LogP contribution in [0.1, 0.15) is 22.6 Å². The van der Waals surface area contributed by atoms with Gasteiger partial charge in [0.2, 0.25) is 0 Å². The van der Waals surface area contributed by atoms with Crippen molar-refractivity contribution in [3.63, 3.8) is 0 Å². The van der Waals surface area contributed by atoms with E-state index in [-0.39, 0.29) is 11.7 Å². The molecule has 0 bridgehead atoms. The van der Waals surface area contributed by atoms with E-state index in [0.29, 0.717) is 6.54 Å². The third-order valence-corrected chi connectivity index (χ3v) is 3.59. The van der Waals surface area contributed by atoms with Gasteiger partial charge in [0.1, 0.15) is 5.75 Å². The summed E-state index contributed by atoms with van der Waals surface area (Å²) < 4.78 is 41.0. The summed E-state index contributed by atoms with van der Waals surface area (Å²) >= 11 is 0. The number of fused-ring (bicyclic) bond motifs is 1. The molecule has 1 unspecified atom stereocenters. The van der Waals surface area contributed by atoms with Gasteiger partial charge < -0.3 is 10.1 Å². The average Bonchev–Trinajstić information content (AvgIpc) is 2.45. The van der Waals surface area contributed by atoms with Crippen LogP contribution in [0.15, 0.2) is 48.5 Å². The van der Waals surface area contributed by atoms with Gasteiger partial charge in [0.25, 0.3) is 0 Å². The number of halogens is 3. The summed E-state index contributed by atoms with van der Waals surface area (Å²) in [5.41, 5.74) is 3.15. The summed E-state index contributed by atoms with van der Waals surface area (Å²) in [5, 5.41) is 3.29. The van der Waals surface area contributed by atoms with Crippen LogP contribution in [-0.2, 0) is 6.54 Å². The lowest BCUT2D eigenvalue weighted by Crippen LogP contribution is -2.28. The van der Waals surface area contributed by atoms with Gasteiger partial charge in [0.05, 0.1) is 0 Å². The van der Waals surface area contributed by atoms with E-state index in [4.69, 9.17) is 0 Å². The van der Waals surface area contributed by atoms with Crippen molar-refractivity contribution in [3.8, 4) is 5.75 Å². The second-order valence-electron chi connectivity index (χ2n) is 5.00. The van der Waals surface area contributed by atoms with Crippen LogP contribution < -0.4 is 10.1 Å². The second-order valence-corrected chi connectivity index (χ2v) is 5.00. The number of benzene rings is 2. The quantitative estimate of drug-likeness (QED) is 0.909. The minimum absolute atomic E-state index is 0.0340. The Bertz CT molecular complexity index is 639. The molecule has 5 heteroatoms. The highest BCUT2D eigenvalue weighted by Gasteiger charge is 2.31. The molecule has 21 heavy (non-hydrogen) atoms. The molecule has 0 saturated carbocycles. The maximum atomic E-state index is 12.3. The van der Waals surface area contributed by atoms with E-state index >= 15 is 0 Å². The normalized spacial score (nSPS) is 18.1. The molecule has 0 aromatic heterocycles. The van der Waals surface area contributed by atoms with Crippen molar-refractivity contribution in [2.24, 2.45) is 0 Å². The zero-order valence-electron chi connectivity index (χ0n) is 11.2. The minimum Gasteiger partial charge on any atom is -0.406 e. The topological polar surface area (TPSA) is 21.3 Å². The number of nitrogens with one attached hydrogen (secondary N) is 1. The van der Waals surface area contributed by atoms with Gasteiger partial charge in [-0.1, -0.05) is 36.4 Å². The molecule has 1 N–H and O–H groups in total. The Morgan fingerprint density at radius 1 is 1.05 bits per heavy atom. The fraction of sp³-hybridized carbons (Fsp3) is 0.250. The molecule has 2 nitrogen and oxygen atoms in total. The number of ether oxygens (including phenoxy) is 1. The van der Waals surface area contributed by atoms with Crippen LogP contribution in [-0.4, -0.2) is 12.9 Å². The number of rotatable bonds is 2. The monoisotopic (exact) mass is 293 g/mol. The van der Waals surface area contributed by atoms with Crippen molar-refractivity contribution in [3.05, 3.63) is 65.2 Å². The Balaban J connectivity index is 1.93. The minimum atomic E-state index is -4.67. The average molecular weight is 293 g/mol. The molecule has 0 fully saturated rings. The summed E-state index contributed by atoms with van der Waals surface area (Å²) in [6.07, 6.45) is -4.67. The fourth-order valence-corrected chi connectivity index (χ4v) is 2.72. The van der Waals surface area contributed by atoms with Gasteiger partial charge >= 0.3 is 6.36 Å². The van der Waals surface area contributed by atoms with Crippen LogP contribution in [0, 0.1) is 0 Å². The molecule has 0 aliphatic carbocycles. The maximum absolute atomic E-state index is 12.3. The Hall–Kier alpha value is -2.01. The van der Waals surface area contributed by atoms with Gasteiger partial charge in [-0.2, -0.15) is 0 Å². The molecule has 3 rings (SSSR count). The smallest absolute Gasteiger partial charge is 0.406 e. The molecular formula is C16H14F3NO. The molecule has 2 aromatic carbocycles. The van der Waals surface area contributed by atoms with Crippen molar-refractivity contribution in [2.75, 3.05) is 6.54 Å². The zero-order chi connectivity index (χ0) is 14.9. The highest BCUT2D eigenvalue weighted by Crippen LogP contribution is 2.32. The van der Waals surface area contributed by atoms with Crippen LogP contribution in [0.2, 0.25) is 0 Å². The first-order chi connectivity index (χ1) is 10.0. The zero-order valence-corrected chi connectivity index (χ0v) is 11.2. The molecule has 110 valence electrons. The van der Waals surface area contributed by atoms with Gasteiger partial charge in [-0.25, -0.2) is 0 Å². The Morgan fingerprint density at radius 3 is 2.67 bits per heavy atom. The molecule has 1 heterocycles. The van der Waals surface area contributed by atoms with Crippen LogP contribution in [0.5, 0.6) is 5.75 Å². The molecule has 0 saturated heterocycles. The first-order valence-corrected chi connectivity index (χ1v) is 6.67. The summed E-state index contributed by atoms with van der Waals surface area (Å²) in [5.74, 6) is -0.144. The Labute approximate surface area is 120 Å². The molecule has 0 radical (unpaired) electrons. The van der Waals surface area contributed by atoms with E-state index in [2.05, 4.69) is 10.1 Å². The fourth-order valence-electron chi connectivity index (χ4n) is 2.72. The van der Waals surface area contributed by atoms with Crippen LogP contribution in [0.4, 0.5) is 13.2 Å². The largest absolute Gasteiger partial charge is 0.573 e. The second kappa shape index (κ2) is 5.41. The first kappa shape index (κ1) is 13.9. The lowest BCUT2D eigenvalue weighted by atomic mass is 9.85. The third-order valence-electron chi connectivity index (χ3n) is 3.59. The van der Waals surface area contributed by atoms with Gasteiger partial charge in [-0.05, 0) is 28.8 Å². The van der Waals surface area contributed by atoms with E-state index in [1.165, 1.54) is 17.7 Å².